The minimum Gasteiger partial charge on any atom is -0.384 e. The SMILES string of the molecule is CCCNc1ccc(Cl)cc1C(=O)NCC1(SC)CC1. The molecule has 2 rings (SSSR count). The largest absolute Gasteiger partial charge is 0.384 e. The number of hydrogen-bond acceptors (Lipinski definition) is 3. The number of carbonyl (C=O) groups excluding carboxylic acids is 1. The zero-order valence-corrected chi connectivity index (χ0v) is 13.5. The van der Waals surface area contributed by atoms with E-state index < -0.39 is 0 Å². The van der Waals surface area contributed by atoms with Crippen molar-refractivity contribution in [3.05, 3.63) is 28.8 Å². The molecular formula is C15H21ClN2OS. The molecule has 1 aliphatic carbocycles. The Morgan fingerprint density at radius 1 is 1.45 bits per heavy atom. The number of amides is 1. The van der Waals surface area contributed by atoms with Crippen molar-refractivity contribution in [1.82, 2.24) is 5.32 Å². The van der Waals surface area contributed by atoms with Gasteiger partial charge in [0, 0.05) is 28.5 Å². The van der Waals surface area contributed by atoms with Crippen LogP contribution in [0.1, 0.15) is 36.5 Å². The Kier molecular flexibility index (Phi) is 5.22. The van der Waals surface area contributed by atoms with Crippen LogP contribution in [0.25, 0.3) is 0 Å². The van der Waals surface area contributed by atoms with Gasteiger partial charge in [0.25, 0.3) is 5.91 Å². The van der Waals surface area contributed by atoms with E-state index in [1.807, 2.05) is 17.8 Å². The second kappa shape index (κ2) is 6.72. The summed E-state index contributed by atoms with van der Waals surface area (Å²) in [5.41, 5.74) is 1.48. The van der Waals surface area contributed by atoms with Crippen LogP contribution in [0.2, 0.25) is 5.02 Å². The van der Waals surface area contributed by atoms with Crippen LogP contribution in [0.5, 0.6) is 0 Å². The predicted molar refractivity (Wildman–Crippen MR) is 88.0 cm³/mol. The van der Waals surface area contributed by atoms with Crippen LogP contribution in [-0.4, -0.2) is 30.0 Å². The number of benzene rings is 1. The van der Waals surface area contributed by atoms with E-state index in [4.69, 9.17) is 11.6 Å². The molecule has 3 nitrogen and oxygen atoms in total. The fraction of sp³-hybridized carbons (Fsp3) is 0.533. The van der Waals surface area contributed by atoms with Crippen molar-refractivity contribution in [2.24, 2.45) is 0 Å². The molecule has 0 spiro atoms. The highest BCUT2D eigenvalue weighted by Crippen LogP contribution is 2.46. The van der Waals surface area contributed by atoms with Gasteiger partial charge < -0.3 is 10.6 Å². The third-order valence-electron chi connectivity index (χ3n) is 3.60. The average molecular weight is 313 g/mol. The Morgan fingerprint density at radius 2 is 2.20 bits per heavy atom. The first-order chi connectivity index (χ1) is 9.60. The molecule has 1 aromatic rings. The van der Waals surface area contributed by atoms with Gasteiger partial charge in [-0.25, -0.2) is 0 Å². The van der Waals surface area contributed by atoms with Gasteiger partial charge in [0.1, 0.15) is 0 Å². The first kappa shape index (κ1) is 15.5. The molecule has 0 atom stereocenters. The summed E-state index contributed by atoms with van der Waals surface area (Å²) in [5, 5.41) is 6.90. The van der Waals surface area contributed by atoms with E-state index in [-0.39, 0.29) is 10.7 Å². The van der Waals surface area contributed by atoms with Crippen LogP contribution in [0.3, 0.4) is 0 Å². The first-order valence-corrected chi connectivity index (χ1v) is 8.57. The summed E-state index contributed by atoms with van der Waals surface area (Å²) < 4.78 is 0.269. The molecule has 0 heterocycles. The lowest BCUT2D eigenvalue weighted by molar-refractivity contribution is 0.0954. The average Bonchev–Trinajstić information content (AvgIpc) is 3.24. The van der Waals surface area contributed by atoms with Gasteiger partial charge in [-0.2, -0.15) is 11.8 Å². The molecule has 5 heteroatoms. The number of thioether (sulfide) groups is 1. The molecule has 0 radical (unpaired) electrons. The van der Waals surface area contributed by atoms with E-state index in [2.05, 4.69) is 23.8 Å². The fourth-order valence-electron chi connectivity index (χ4n) is 2.05. The summed E-state index contributed by atoms with van der Waals surface area (Å²) in [6, 6.07) is 5.41. The van der Waals surface area contributed by atoms with Crippen molar-refractivity contribution in [2.75, 3.05) is 24.7 Å². The molecule has 2 N–H and O–H groups in total. The topological polar surface area (TPSA) is 41.1 Å². The van der Waals surface area contributed by atoms with Crippen molar-refractivity contribution in [3.63, 3.8) is 0 Å². The van der Waals surface area contributed by atoms with E-state index in [1.165, 1.54) is 12.8 Å². The molecule has 0 aliphatic heterocycles. The standard InChI is InChI=1S/C15H21ClN2OS/c1-3-8-17-13-5-4-11(16)9-12(13)14(19)18-10-15(20-2)6-7-15/h4-5,9,17H,3,6-8,10H2,1-2H3,(H,18,19). The Labute approximate surface area is 129 Å². The Balaban J connectivity index is 2.05. The van der Waals surface area contributed by atoms with Gasteiger partial charge in [-0.1, -0.05) is 18.5 Å². The second-order valence-corrected chi connectivity index (χ2v) is 6.90. The Hall–Kier alpha value is -0.870. The normalized spacial score (nSPS) is 15.8. The van der Waals surface area contributed by atoms with Gasteiger partial charge in [-0.3, -0.25) is 4.79 Å². The molecule has 0 aromatic heterocycles. The molecular weight excluding hydrogens is 292 g/mol. The van der Waals surface area contributed by atoms with E-state index in [0.717, 1.165) is 25.2 Å². The zero-order valence-electron chi connectivity index (χ0n) is 12.0. The summed E-state index contributed by atoms with van der Waals surface area (Å²) in [4.78, 5) is 12.4. The van der Waals surface area contributed by atoms with E-state index in [9.17, 15) is 4.79 Å². The highest BCUT2D eigenvalue weighted by molar-refractivity contribution is 8.00. The maximum absolute atomic E-state index is 12.4. The minimum atomic E-state index is -0.0496. The van der Waals surface area contributed by atoms with Gasteiger partial charge in [0.2, 0.25) is 0 Å². The molecule has 110 valence electrons. The number of halogens is 1. The maximum Gasteiger partial charge on any atom is 0.253 e. The van der Waals surface area contributed by atoms with E-state index in [1.54, 1.807) is 12.1 Å². The number of anilines is 1. The summed E-state index contributed by atoms with van der Waals surface area (Å²) in [6.45, 7) is 3.67. The van der Waals surface area contributed by atoms with Gasteiger partial charge in [-0.15, -0.1) is 0 Å². The summed E-state index contributed by atoms with van der Waals surface area (Å²) in [7, 11) is 0. The minimum absolute atomic E-state index is 0.0496. The fourth-order valence-corrected chi connectivity index (χ4v) is 2.95. The highest BCUT2D eigenvalue weighted by atomic mass is 35.5. The van der Waals surface area contributed by atoms with Crippen LogP contribution in [0.4, 0.5) is 5.69 Å². The van der Waals surface area contributed by atoms with Crippen molar-refractivity contribution >= 4 is 35.0 Å². The summed E-state index contributed by atoms with van der Waals surface area (Å²) >= 11 is 7.85. The van der Waals surface area contributed by atoms with Gasteiger partial charge in [0.05, 0.1) is 5.56 Å². The van der Waals surface area contributed by atoms with E-state index in [0.29, 0.717) is 10.6 Å². The highest BCUT2D eigenvalue weighted by Gasteiger charge is 2.42. The lowest BCUT2D eigenvalue weighted by atomic mass is 10.1. The third kappa shape index (κ3) is 3.83. The molecule has 1 amide bonds. The van der Waals surface area contributed by atoms with E-state index >= 15 is 0 Å². The van der Waals surface area contributed by atoms with Crippen LogP contribution in [-0.2, 0) is 0 Å². The molecule has 1 aromatic carbocycles. The van der Waals surface area contributed by atoms with Crippen LogP contribution in [0, 0.1) is 0 Å². The Morgan fingerprint density at radius 3 is 2.80 bits per heavy atom. The smallest absolute Gasteiger partial charge is 0.253 e. The second-order valence-electron chi connectivity index (χ2n) is 5.19. The summed E-state index contributed by atoms with van der Waals surface area (Å²) in [6.07, 6.45) is 5.49. The molecule has 0 bridgehead atoms. The maximum atomic E-state index is 12.4. The first-order valence-electron chi connectivity index (χ1n) is 6.97. The number of rotatable bonds is 7. The third-order valence-corrected chi connectivity index (χ3v) is 5.26. The number of nitrogens with one attached hydrogen (secondary N) is 2. The predicted octanol–water partition coefficient (Wildman–Crippen LogP) is 3.79. The van der Waals surface area contributed by atoms with Crippen LogP contribution >= 0.6 is 23.4 Å². The summed E-state index contributed by atoms with van der Waals surface area (Å²) in [5.74, 6) is -0.0496. The van der Waals surface area contributed by atoms with Crippen molar-refractivity contribution in [1.29, 1.82) is 0 Å². The van der Waals surface area contributed by atoms with Crippen LogP contribution < -0.4 is 10.6 Å². The monoisotopic (exact) mass is 312 g/mol. The lowest BCUT2D eigenvalue weighted by Gasteiger charge is -2.15. The lowest BCUT2D eigenvalue weighted by Crippen LogP contribution is -2.32. The van der Waals surface area contributed by atoms with Gasteiger partial charge in [0.15, 0.2) is 0 Å². The molecule has 0 unspecified atom stereocenters. The molecule has 1 fully saturated rings. The van der Waals surface area contributed by atoms with Crippen molar-refractivity contribution in [2.45, 2.75) is 30.9 Å². The zero-order chi connectivity index (χ0) is 14.6. The van der Waals surface area contributed by atoms with Crippen LogP contribution in [0.15, 0.2) is 18.2 Å². The number of hydrogen-bond donors (Lipinski definition) is 2. The van der Waals surface area contributed by atoms with Gasteiger partial charge in [-0.05, 0) is 43.7 Å². The van der Waals surface area contributed by atoms with Crippen molar-refractivity contribution in [3.8, 4) is 0 Å². The van der Waals surface area contributed by atoms with Crippen molar-refractivity contribution < 1.29 is 4.79 Å². The van der Waals surface area contributed by atoms with Gasteiger partial charge >= 0.3 is 0 Å². The quantitative estimate of drug-likeness (QED) is 0.805. The molecule has 0 saturated heterocycles. The molecule has 1 aliphatic rings. The number of carbonyl (C=O) groups is 1. The molecule has 1 saturated carbocycles. The molecule has 20 heavy (non-hydrogen) atoms. The Bertz CT molecular complexity index is 489.